The molecule has 0 saturated carbocycles. The number of amides is 1. The van der Waals surface area contributed by atoms with Crippen molar-refractivity contribution in [2.75, 3.05) is 5.32 Å². The van der Waals surface area contributed by atoms with Crippen LogP contribution in [-0.4, -0.2) is 15.9 Å². The van der Waals surface area contributed by atoms with Crippen molar-refractivity contribution < 1.29 is 4.79 Å². The highest BCUT2D eigenvalue weighted by atomic mass is 32.2. The summed E-state index contributed by atoms with van der Waals surface area (Å²) >= 11 is 4.84. The Balaban J connectivity index is 1.58. The predicted molar refractivity (Wildman–Crippen MR) is 107 cm³/mol. The molecule has 0 saturated heterocycles. The smallest absolute Gasteiger partial charge is 0.257 e. The largest absolute Gasteiger partial charge is 0.298 e. The zero-order valence-electron chi connectivity index (χ0n) is 14.3. The minimum Gasteiger partial charge on any atom is -0.298 e. The van der Waals surface area contributed by atoms with Crippen molar-refractivity contribution >= 4 is 45.5 Å². The van der Waals surface area contributed by atoms with E-state index in [0.29, 0.717) is 16.6 Å². The monoisotopic (exact) mass is 389 g/mol. The lowest BCUT2D eigenvalue weighted by Gasteiger charge is -2.04. The van der Waals surface area contributed by atoms with Gasteiger partial charge in [-0.2, -0.15) is 0 Å². The van der Waals surface area contributed by atoms with Gasteiger partial charge in [0, 0.05) is 27.8 Å². The molecule has 0 atom stereocenters. The number of nitrogens with zero attached hydrogens (tertiary/aromatic N) is 2. The van der Waals surface area contributed by atoms with E-state index in [1.807, 2.05) is 36.6 Å². The number of hydrogen-bond donors (Lipinski definition) is 1. The average Bonchev–Trinajstić information content (AvgIpc) is 3.22. The van der Waals surface area contributed by atoms with Gasteiger partial charge >= 0.3 is 0 Å². The van der Waals surface area contributed by atoms with Crippen molar-refractivity contribution in [1.29, 1.82) is 0 Å². The standard InChI is InChI=1S/C18H19N3OS3/c1-11(2)15-10-23-17(20-15)21-16(22)14-6-4-13(5-7-14)9-25-18-19-12(3)8-24-18/h4-8,10-11H,9H2,1-3H3,(H,20,21,22). The van der Waals surface area contributed by atoms with Crippen LogP contribution in [0, 0.1) is 6.92 Å². The molecule has 0 bridgehead atoms. The van der Waals surface area contributed by atoms with E-state index in [-0.39, 0.29) is 5.91 Å². The van der Waals surface area contributed by atoms with Crippen LogP contribution < -0.4 is 5.32 Å². The molecule has 0 aliphatic heterocycles. The Morgan fingerprint density at radius 2 is 1.92 bits per heavy atom. The van der Waals surface area contributed by atoms with Gasteiger partial charge in [-0.3, -0.25) is 10.1 Å². The number of rotatable bonds is 6. The maximum atomic E-state index is 12.3. The zero-order chi connectivity index (χ0) is 17.8. The van der Waals surface area contributed by atoms with Crippen LogP contribution in [0.5, 0.6) is 0 Å². The molecule has 3 aromatic rings. The number of aromatic nitrogens is 2. The molecular formula is C18H19N3OS3. The molecule has 0 fully saturated rings. The van der Waals surface area contributed by atoms with Crippen LogP contribution >= 0.6 is 34.4 Å². The van der Waals surface area contributed by atoms with Gasteiger partial charge in [-0.05, 0) is 30.5 Å². The lowest BCUT2D eigenvalue weighted by atomic mass is 10.1. The van der Waals surface area contributed by atoms with Crippen molar-refractivity contribution in [3.8, 4) is 0 Å². The summed E-state index contributed by atoms with van der Waals surface area (Å²) in [5.74, 6) is 1.08. The van der Waals surface area contributed by atoms with E-state index >= 15 is 0 Å². The maximum Gasteiger partial charge on any atom is 0.257 e. The summed E-state index contributed by atoms with van der Waals surface area (Å²) < 4.78 is 1.07. The third-order valence-electron chi connectivity index (χ3n) is 3.51. The molecule has 0 unspecified atom stereocenters. The molecule has 0 radical (unpaired) electrons. The summed E-state index contributed by atoms with van der Waals surface area (Å²) in [7, 11) is 0. The highest BCUT2D eigenvalue weighted by Gasteiger charge is 2.11. The lowest BCUT2D eigenvalue weighted by molar-refractivity contribution is 0.102. The number of thiazole rings is 2. The van der Waals surface area contributed by atoms with E-state index in [1.165, 1.54) is 16.9 Å². The Morgan fingerprint density at radius 3 is 2.52 bits per heavy atom. The summed E-state index contributed by atoms with van der Waals surface area (Å²) in [6.45, 7) is 6.18. The van der Waals surface area contributed by atoms with Crippen LogP contribution in [0.15, 0.2) is 39.4 Å². The quantitative estimate of drug-likeness (QED) is 0.560. The van der Waals surface area contributed by atoms with Crippen molar-refractivity contribution in [2.45, 2.75) is 36.8 Å². The molecule has 1 N–H and O–H groups in total. The normalized spacial score (nSPS) is 11.0. The molecule has 0 aliphatic rings. The maximum absolute atomic E-state index is 12.3. The molecule has 4 nitrogen and oxygen atoms in total. The average molecular weight is 390 g/mol. The number of hydrogen-bond acceptors (Lipinski definition) is 6. The van der Waals surface area contributed by atoms with Gasteiger partial charge in [0.2, 0.25) is 0 Å². The second kappa shape index (κ2) is 8.12. The van der Waals surface area contributed by atoms with Gasteiger partial charge in [-0.1, -0.05) is 37.7 Å². The number of benzene rings is 1. The molecule has 7 heteroatoms. The van der Waals surface area contributed by atoms with Gasteiger partial charge in [-0.15, -0.1) is 22.7 Å². The summed E-state index contributed by atoms with van der Waals surface area (Å²) in [4.78, 5) is 21.2. The van der Waals surface area contributed by atoms with Crippen molar-refractivity contribution in [1.82, 2.24) is 9.97 Å². The Labute approximate surface area is 159 Å². The van der Waals surface area contributed by atoms with E-state index in [0.717, 1.165) is 21.5 Å². The molecule has 0 aliphatic carbocycles. The second-order valence-corrected chi connectivity index (χ2v) is 8.87. The van der Waals surface area contributed by atoms with Crippen LogP contribution in [0.2, 0.25) is 0 Å². The molecule has 130 valence electrons. The molecule has 2 aromatic heterocycles. The second-order valence-electron chi connectivity index (χ2n) is 5.93. The molecule has 3 rings (SSSR count). The summed E-state index contributed by atoms with van der Waals surface area (Å²) in [6, 6.07) is 7.69. The van der Waals surface area contributed by atoms with Crippen LogP contribution in [0.1, 0.15) is 47.1 Å². The Hall–Kier alpha value is -1.70. The SMILES string of the molecule is Cc1csc(SCc2ccc(C(=O)Nc3nc(C(C)C)cs3)cc2)n1. The third kappa shape index (κ3) is 4.90. The van der Waals surface area contributed by atoms with E-state index in [1.54, 1.807) is 23.1 Å². The number of anilines is 1. The molecule has 0 spiro atoms. The van der Waals surface area contributed by atoms with Crippen molar-refractivity contribution in [3.05, 3.63) is 57.5 Å². The number of thioether (sulfide) groups is 1. The summed E-state index contributed by atoms with van der Waals surface area (Å²) in [6.07, 6.45) is 0. The number of nitrogens with one attached hydrogen (secondary N) is 1. The minimum atomic E-state index is -0.126. The molecule has 1 aromatic carbocycles. The van der Waals surface area contributed by atoms with Gasteiger partial charge < -0.3 is 0 Å². The van der Waals surface area contributed by atoms with Gasteiger partial charge in [0.25, 0.3) is 5.91 Å². The minimum absolute atomic E-state index is 0.126. The van der Waals surface area contributed by atoms with E-state index in [9.17, 15) is 4.79 Å². The van der Waals surface area contributed by atoms with Gasteiger partial charge in [0.05, 0.1) is 5.69 Å². The third-order valence-corrected chi connectivity index (χ3v) is 6.50. The Bertz CT molecular complexity index is 853. The van der Waals surface area contributed by atoms with Gasteiger partial charge in [0.1, 0.15) is 4.34 Å². The summed E-state index contributed by atoms with van der Waals surface area (Å²) in [5.41, 5.74) is 3.87. The summed E-state index contributed by atoms with van der Waals surface area (Å²) in [5, 5.41) is 7.56. The van der Waals surface area contributed by atoms with Crippen LogP contribution in [-0.2, 0) is 5.75 Å². The number of carbonyl (C=O) groups is 1. The van der Waals surface area contributed by atoms with Crippen molar-refractivity contribution in [3.63, 3.8) is 0 Å². The van der Waals surface area contributed by atoms with Gasteiger partial charge in [0.15, 0.2) is 5.13 Å². The van der Waals surface area contributed by atoms with Crippen molar-refractivity contribution in [2.24, 2.45) is 0 Å². The lowest BCUT2D eigenvalue weighted by Crippen LogP contribution is -2.11. The van der Waals surface area contributed by atoms with Crippen LogP contribution in [0.4, 0.5) is 5.13 Å². The predicted octanol–water partition coefficient (Wildman–Crippen LogP) is 5.58. The number of carbonyl (C=O) groups excluding carboxylic acids is 1. The fourth-order valence-corrected chi connectivity index (χ4v) is 4.75. The van der Waals surface area contributed by atoms with Crippen LogP contribution in [0.25, 0.3) is 0 Å². The van der Waals surface area contributed by atoms with Crippen LogP contribution in [0.3, 0.4) is 0 Å². The first-order chi connectivity index (χ1) is 12.0. The van der Waals surface area contributed by atoms with Gasteiger partial charge in [-0.25, -0.2) is 9.97 Å². The topological polar surface area (TPSA) is 54.9 Å². The Morgan fingerprint density at radius 1 is 1.16 bits per heavy atom. The molecule has 1 amide bonds. The number of aryl methyl sites for hydroxylation is 1. The molecule has 2 heterocycles. The highest BCUT2D eigenvalue weighted by Crippen LogP contribution is 2.26. The molecule has 25 heavy (non-hydrogen) atoms. The fourth-order valence-electron chi connectivity index (χ4n) is 2.07. The van der Waals surface area contributed by atoms with E-state index in [4.69, 9.17) is 0 Å². The Kier molecular flexibility index (Phi) is 5.88. The van der Waals surface area contributed by atoms with E-state index in [2.05, 4.69) is 34.5 Å². The fraction of sp³-hybridized carbons (Fsp3) is 0.278. The van der Waals surface area contributed by atoms with E-state index < -0.39 is 0 Å². The first-order valence-electron chi connectivity index (χ1n) is 7.92. The first kappa shape index (κ1) is 18.1. The highest BCUT2D eigenvalue weighted by molar-refractivity contribution is 8.00. The molecular weight excluding hydrogens is 370 g/mol. The first-order valence-corrected chi connectivity index (χ1v) is 10.7. The zero-order valence-corrected chi connectivity index (χ0v) is 16.7.